The van der Waals surface area contributed by atoms with E-state index in [-0.39, 0.29) is 0 Å². The monoisotopic (exact) mass is 379 g/mol. The first-order valence-corrected chi connectivity index (χ1v) is 11.1. The molecule has 0 aliphatic heterocycles. The number of nitrogens with zero attached hydrogens (tertiary/aromatic N) is 2. The molecule has 28 heavy (non-hydrogen) atoms. The van der Waals surface area contributed by atoms with Crippen LogP contribution in [0.5, 0.6) is 0 Å². The van der Waals surface area contributed by atoms with Gasteiger partial charge in [0.2, 0.25) is 0 Å². The minimum Gasteiger partial charge on any atom is -0.375 e. The minimum absolute atomic E-state index is 1.03. The van der Waals surface area contributed by atoms with Crippen LogP contribution in [0.2, 0.25) is 0 Å². The molecule has 0 unspecified atom stereocenters. The molecule has 2 nitrogen and oxygen atoms in total. The molecule has 0 N–H and O–H groups in total. The summed E-state index contributed by atoms with van der Waals surface area (Å²) in [7, 11) is 2.12. The fraction of sp³-hybridized carbons (Fsp3) is 0.500. The Kier molecular flexibility index (Phi) is 9.82. The summed E-state index contributed by atoms with van der Waals surface area (Å²) in [6.07, 6.45) is 18.5. The summed E-state index contributed by atoms with van der Waals surface area (Å²) in [5, 5.41) is 0. The average molecular weight is 380 g/mol. The van der Waals surface area contributed by atoms with Crippen LogP contribution in [0.3, 0.4) is 0 Å². The quantitative estimate of drug-likeness (QED) is 0.295. The van der Waals surface area contributed by atoms with Gasteiger partial charge in [-0.15, -0.1) is 0 Å². The van der Waals surface area contributed by atoms with Crippen molar-refractivity contribution in [3.63, 3.8) is 0 Å². The van der Waals surface area contributed by atoms with E-state index in [1.807, 2.05) is 0 Å². The SMILES string of the molecule is CCCCCCCCC[n+]1ccc(/C=C/c2ccc(N(C)CC)cc2)c(C)c1. The number of rotatable bonds is 12. The lowest BCUT2D eigenvalue weighted by atomic mass is 10.1. The Balaban J connectivity index is 1.84. The van der Waals surface area contributed by atoms with Gasteiger partial charge in [-0.05, 0) is 43.5 Å². The van der Waals surface area contributed by atoms with Gasteiger partial charge in [-0.2, -0.15) is 0 Å². The molecule has 2 rings (SSSR count). The van der Waals surface area contributed by atoms with Crippen LogP contribution in [0.15, 0.2) is 42.7 Å². The molecule has 0 bridgehead atoms. The van der Waals surface area contributed by atoms with Crippen molar-refractivity contribution in [2.24, 2.45) is 0 Å². The van der Waals surface area contributed by atoms with Gasteiger partial charge in [0.25, 0.3) is 0 Å². The summed E-state index contributed by atoms with van der Waals surface area (Å²) in [5.41, 5.74) is 5.14. The van der Waals surface area contributed by atoms with Crippen LogP contribution < -0.4 is 9.47 Å². The summed E-state index contributed by atoms with van der Waals surface area (Å²) in [6, 6.07) is 11.0. The van der Waals surface area contributed by atoms with Crippen molar-refractivity contribution in [3.8, 4) is 0 Å². The second-order valence-corrected chi connectivity index (χ2v) is 7.88. The lowest BCUT2D eigenvalue weighted by Crippen LogP contribution is -2.33. The maximum atomic E-state index is 2.34. The van der Waals surface area contributed by atoms with Crippen LogP contribution in [0.4, 0.5) is 5.69 Å². The number of aromatic nitrogens is 1. The topological polar surface area (TPSA) is 7.12 Å². The maximum absolute atomic E-state index is 2.34. The van der Waals surface area contributed by atoms with Crippen molar-refractivity contribution < 1.29 is 4.57 Å². The van der Waals surface area contributed by atoms with Crippen LogP contribution in [0.25, 0.3) is 12.2 Å². The highest BCUT2D eigenvalue weighted by Gasteiger charge is 2.04. The largest absolute Gasteiger partial charge is 0.375 e. The molecular weight excluding hydrogens is 340 g/mol. The number of hydrogen-bond donors (Lipinski definition) is 0. The van der Waals surface area contributed by atoms with E-state index in [9.17, 15) is 0 Å². The van der Waals surface area contributed by atoms with Crippen LogP contribution in [0.1, 0.15) is 75.5 Å². The van der Waals surface area contributed by atoms with Gasteiger partial charge in [0, 0.05) is 37.3 Å². The summed E-state index contributed by atoms with van der Waals surface area (Å²) < 4.78 is 2.34. The number of aryl methyl sites for hydroxylation is 2. The lowest BCUT2D eigenvalue weighted by molar-refractivity contribution is -0.697. The third-order valence-corrected chi connectivity index (χ3v) is 5.54. The van der Waals surface area contributed by atoms with Gasteiger partial charge in [-0.1, -0.05) is 63.3 Å². The Labute approximate surface area is 172 Å². The Bertz CT molecular complexity index is 716. The average Bonchev–Trinajstić information content (AvgIpc) is 2.72. The van der Waals surface area contributed by atoms with Gasteiger partial charge in [0.1, 0.15) is 6.54 Å². The summed E-state index contributed by atoms with van der Waals surface area (Å²) >= 11 is 0. The third kappa shape index (κ3) is 7.50. The van der Waals surface area contributed by atoms with E-state index in [1.165, 1.54) is 67.3 Å². The molecule has 0 saturated heterocycles. The predicted molar refractivity (Wildman–Crippen MR) is 124 cm³/mol. The van der Waals surface area contributed by atoms with Gasteiger partial charge < -0.3 is 4.90 Å². The molecule has 0 spiro atoms. The Morgan fingerprint density at radius 2 is 1.54 bits per heavy atom. The normalized spacial score (nSPS) is 11.3. The highest BCUT2D eigenvalue weighted by molar-refractivity contribution is 5.71. The van der Waals surface area contributed by atoms with Crippen molar-refractivity contribution in [1.29, 1.82) is 0 Å². The Hall–Kier alpha value is -2.09. The fourth-order valence-electron chi connectivity index (χ4n) is 3.46. The molecule has 0 aliphatic rings. The van der Waals surface area contributed by atoms with Gasteiger partial charge in [-0.25, -0.2) is 4.57 Å². The van der Waals surface area contributed by atoms with E-state index in [1.54, 1.807) is 0 Å². The second-order valence-electron chi connectivity index (χ2n) is 7.88. The Morgan fingerprint density at radius 1 is 0.857 bits per heavy atom. The highest BCUT2D eigenvalue weighted by Crippen LogP contribution is 2.16. The first-order valence-electron chi connectivity index (χ1n) is 11.1. The van der Waals surface area contributed by atoms with Crippen molar-refractivity contribution in [1.82, 2.24) is 0 Å². The molecule has 1 aromatic heterocycles. The fourth-order valence-corrected chi connectivity index (χ4v) is 3.46. The minimum atomic E-state index is 1.03. The van der Waals surface area contributed by atoms with Gasteiger partial charge >= 0.3 is 0 Å². The van der Waals surface area contributed by atoms with E-state index in [2.05, 4.69) is 92.2 Å². The zero-order chi connectivity index (χ0) is 20.2. The number of pyridine rings is 1. The van der Waals surface area contributed by atoms with Crippen molar-refractivity contribution in [3.05, 3.63) is 59.4 Å². The molecular formula is C26H39N2+. The molecule has 0 aliphatic carbocycles. The van der Waals surface area contributed by atoms with Gasteiger partial charge in [-0.3, -0.25) is 0 Å². The van der Waals surface area contributed by atoms with Crippen LogP contribution in [-0.2, 0) is 6.54 Å². The first-order chi connectivity index (χ1) is 13.6. The summed E-state index contributed by atoms with van der Waals surface area (Å²) in [4.78, 5) is 2.25. The number of hydrogen-bond acceptors (Lipinski definition) is 1. The standard InChI is InChI=1S/C26H39N2/c1-5-7-8-9-10-11-12-20-28-21-19-25(23(3)22-28)16-13-24-14-17-26(18-15-24)27(4)6-2/h13-19,21-22H,5-12,20H2,1-4H3/q+1. The lowest BCUT2D eigenvalue weighted by Gasteiger charge is -2.16. The van der Waals surface area contributed by atoms with Gasteiger partial charge in [0.15, 0.2) is 12.4 Å². The van der Waals surface area contributed by atoms with Crippen LogP contribution in [0, 0.1) is 6.92 Å². The van der Waals surface area contributed by atoms with E-state index < -0.39 is 0 Å². The van der Waals surface area contributed by atoms with E-state index >= 15 is 0 Å². The zero-order valence-corrected chi connectivity index (χ0v) is 18.5. The maximum Gasteiger partial charge on any atom is 0.172 e. The number of benzene rings is 1. The zero-order valence-electron chi connectivity index (χ0n) is 18.5. The van der Waals surface area contributed by atoms with E-state index in [0.29, 0.717) is 0 Å². The molecule has 152 valence electrons. The van der Waals surface area contributed by atoms with E-state index in [4.69, 9.17) is 0 Å². The summed E-state index contributed by atoms with van der Waals surface area (Å²) in [6.45, 7) is 8.81. The molecule has 0 atom stereocenters. The smallest absolute Gasteiger partial charge is 0.172 e. The number of unbranched alkanes of at least 4 members (excludes halogenated alkanes) is 6. The molecule has 1 heterocycles. The van der Waals surface area contributed by atoms with Gasteiger partial charge in [0.05, 0.1) is 0 Å². The summed E-state index contributed by atoms with van der Waals surface area (Å²) in [5.74, 6) is 0. The van der Waals surface area contributed by atoms with E-state index in [0.717, 1.165) is 13.1 Å². The molecule has 0 radical (unpaired) electrons. The van der Waals surface area contributed by atoms with Crippen LogP contribution >= 0.6 is 0 Å². The van der Waals surface area contributed by atoms with Crippen molar-refractivity contribution in [2.45, 2.75) is 72.3 Å². The predicted octanol–water partition coefficient (Wildman–Crippen LogP) is 6.66. The number of anilines is 1. The molecule has 2 heteroatoms. The Morgan fingerprint density at radius 3 is 2.18 bits per heavy atom. The molecule has 0 amide bonds. The third-order valence-electron chi connectivity index (χ3n) is 5.54. The molecule has 2 aromatic rings. The molecule has 1 aromatic carbocycles. The van der Waals surface area contributed by atoms with Crippen molar-refractivity contribution >= 4 is 17.8 Å². The van der Waals surface area contributed by atoms with Crippen LogP contribution in [-0.4, -0.2) is 13.6 Å². The molecule has 0 saturated carbocycles. The highest BCUT2D eigenvalue weighted by atomic mass is 15.1. The second kappa shape index (κ2) is 12.4. The first kappa shape index (κ1) is 22.2. The van der Waals surface area contributed by atoms with Crippen molar-refractivity contribution in [2.75, 3.05) is 18.5 Å². The molecule has 0 fully saturated rings.